The number of aromatic nitrogens is 2. The number of carbonyl (C=O) groups is 1. The average Bonchev–Trinajstić information content (AvgIpc) is 3.07. The number of anilines is 2. The SMILES string of the molecule is Cn1cnc2c(F)c(Nc3ccc(Br)cc3Cl)c(OC(=O)NOCC(O)CO)cc21. The molecule has 0 bridgehead atoms. The van der Waals surface area contributed by atoms with Gasteiger partial charge in [0.2, 0.25) is 0 Å². The monoisotopic (exact) mass is 502 g/mol. The molecule has 3 aromatic rings. The summed E-state index contributed by atoms with van der Waals surface area (Å²) in [6, 6.07) is 6.38. The Kier molecular flexibility index (Phi) is 7.10. The van der Waals surface area contributed by atoms with E-state index in [-0.39, 0.29) is 23.6 Å². The summed E-state index contributed by atoms with van der Waals surface area (Å²) in [5.41, 5.74) is 2.63. The van der Waals surface area contributed by atoms with Crippen molar-refractivity contribution in [2.24, 2.45) is 7.05 Å². The molecule has 1 amide bonds. The second-order valence-corrected chi connectivity index (χ2v) is 7.50. The molecule has 0 fully saturated rings. The number of hydroxylamine groups is 1. The van der Waals surface area contributed by atoms with Gasteiger partial charge in [-0.2, -0.15) is 5.48 Å². The summed E-state index contributed by atoms with van der Waals surface area (Å²) >= 11 is 9.50. The van der Waals surface area contributed by atoms with Crippen LogP contribution in [0.5, 0.6) is 5.75 Å². The molecular formula is C18H17BrClFN4O5. The maximum atomic E-state index is 15.2. The fourth-order valence-electron chi connectivity index (χ4n) is 2.49. The lowest BCUT2D eigenvalue weighted by molar-refractivity contribution is -0.0290. The maximum absolute atomic E-state index is 15.2. The quantitative estimate of drug-likeness (QED) is 0.366. The summed E-state index contributed by atoms with van der Waals surface area (Å²) in [7, 11) is 1.66. The Balaban J connectivity index is 1.92. The lowest BCUT2D eigenvalue weighted by atomic mass is 10.2. The Morgan fingerprint density at radius 1 is 1.43 bits per heavy atom. The molecule has 9 nitrogen and oxygen atoms in total. The highest BCUT2D eigenvalue weighted by molar-refractivity contribution is 9.10. The molecular weight excluding hydrogens is 487 g/mol. The van der Waals surface area contributed by atoms with E-state index in [9.17, 15) is 9.90 Å². The normalized spacial score (nSPS) is 12.1. The molecule has 3 rings (SSSR count). The molecule has 1 unspecified atom stereocenters. The number of ether oxygens (including phenoxy) is 1. The Labute approximate surface area is 183 Å². The van der Waals surface area contributed by atoms with E-state index in [1.165, 1.54) is 12.4 Å². The number of amides is 1. The number of carbonyl (C=O) groups excluding carboxylic acids is 1. The van der Waals surface area contributed by atoms with Gasteiger partial charge in [0.25, 0.3) is 0 Å². The highest BCUT2D eigenvalue weighted by Crippen LogP contribution is 2.38. The van der Waals surface area contributed by atoms with Gasteiger partial charge in [-0.25, -0.2) is 14.2 Å². The van der Waals surface area contributed by atoms with Gasteiger partial charge in [-0.1, -0.05) is 27.5 Å². The Morgan fingerprint density at radius 3 is 2.90 bits per heavy atom. The lowest BCUT2D eigenvalue weighted by Gasteiger charge is -2.15. The number of fused-ring (bicyclic) bond motifs is 1. The van der Waals surface area contributed by atoms with Crippen LogP contribution in [-0.4, -0.2) is 45.2 Å². The van der Waals surface area contributed by atoms with E-state index < -0.39 is 24.6 Å². The lowest BCUT2D eigenvalue weighted by Crippen LogP contribution is -2.32. The van der Waals surface area contributed by atoms with Gasteiger partial charge < -0.3 is 24.8 Å². The number of aliphatic hydroxyl groups is 2. The molecule has 1 aromatic heterocycles. The summed E-state index contributed by atoms with van der Waals surface area (Å²) in [4.78, 5) is 20.8. The van der Waals surface area contributed by atoms with Gasteiger partial charge >= 0.3 is 6.09 Å². The molecule has 4 N–H and O–H groups in total. The number of rotatable bonds is 7. The van der Waals surface area contributed by atoms with Crippen molar-refractivity contribution < 1.29 is 29.0 Å². The fourth-order valence-corrected chi connectivity index (χ4v) is 3.22. The molecule has 2 aromatic carbocycles. The van der Waals surface area contributed by atoms with Crippen LogP contribution in [0, 0.1) is 5.82 Å². The summed E-state index contributed by atoms with van der Waals surface area (Å²) in [5, 5.41) is 21.1. The third kappa shape index (κ3) is 4.99. The minimum absolute atomic E-state index is 0.0725. The smallest absolute Gasteiger partial charge is 0.406 e. The largest absolute Gasteiger partial charge is 0.436 e. The molecule has 0 saturated heterocycles. The highest BCUT2D eigenvalue weighted by atomic mass is 79.9. The third-order valence-electron chi connectivity index (χ3n) is 3.96. The predicted octanol–water partition coefficient (Wildman–Crippen LogP) is 3.25. The van der Waals surface area contributed by atoms with E-state index >= 15 is 4.39 Å². The van der Waals surface area contributed by atoms with Crippen molar-refractivity contribution >= 4 is 56.0 Å². The molecule has 0 aliphatic carbocycles. The Hall–Kier alpha value is -2.44. The van der Waals surface area contributed by atoms with Crippen LogP contribution in [0.1, 0.15) is 0 Å². The molecule has 160 valence electrons. The van der Waals surface area contributed by atoms with Gasteiger partial charge in [-0.3, -0.25) is 4.84 Å². The van der Waals surface area contributed by atoms with Crippen molar-refractivity contribution in [1.29, 1.82) is 0 Å². The summed E-state index contributed by atoms with van der Waals surface area (Å²) in [5.74, 6) is -0.891. The van der Waals surface area contributed by atoms with Gasteiger partial charge in [-0.05, 0) is 18.2 Å². The number of hydrogen-bond acceptors (Lipinski definition) is 7. The molecule has 0 aliphatic rings. The van der Waals surface area contributed by atoms with Crippen LogP contribution in [-0.2, 0) is 11.9 Å². The molecule has 0 spiro atoms. The van der Waals surface area contributed by atoms with Crippen LogP contribution in [0.25, 0.3) is 11.0 Å². The van der Waals surface area contributed by atoms with Crippen molar-refractivity contribution in [3.63, 3.8) is 0 Å². The fraction of sp³-hybridized carbons (Fsp3) is 0.222. The Morgan fingerprint density at radius 2 is 2.20 bits per heavy atom. The van der Waals surface area contributed by atoms with Gasteiger partial charge in [0, 0.05) is 17.6 Å². The zero-order chi connectivity index (χ0) is 21.8. The number of benzene rings is 2. The second-order valence-electron chi connectivity index (χ2n) is 6.18. The maximum Gasteiger partial charge on any atom is 0.436 e. The number of aliphatic hydroxyl groups excluding tert-OH is 2. The molecule has 0 saturated carbocycles. The van der Waals surface area contributed by atoms with E-state index in [4.69, 9.17) is 26.3 Å². The van der Waals surface area contributed by atoms with Crippen molar-refractivity contribution in [2.75, 3.05) is 18.5 Å². The first-order valence-electron chi connectivity index (χ1n) is 8.54. The number of imidazole rings is 1. The molecule has 1 atom stereocenters. The first-order chi connectivity index (χ1) is 14.3. The summed E-state index contributed by atoms with van der Waals surface area (Å²) in [6.07, 6.45) is -0.816. The first-order valence-corrected chi connectivity index (χ1v) is 9.71. The predicted molar refractivity (Wildman–Crippen MR) is 111 cm³/mol. The van der Waals surface area contributed by atoms with Gasteiger partial charge in [-0.15, -0.1) is 0 Å². The van der Waals surface area contributed by atoms with Gasteiger partial charge in [0.05, 0.1) is 29.2 Å². The standard InChI is InChI=1S/C18H17BrClFN4O5/c1-25-8-22-16-13(25)5-14(30-18(28)24-29-7-10(27)6-26)17(15(16)21)23-12-3-2-9(19)4-11(12)20/h2-5,8,10,23,26-27H,6-7H2,1H3,(H,24,28). The Bertz CT molecular complexity index is 1080. The number of hydrogen-bond donors (Lipinski definition) is 4. The van der Waals surface area contributed by atoms with E-state index in [0.717, 1.165) is 4.47 Å². The zero-order valence-electron chi connectivity index (χ0n) is 15.5. The van der Waals surface area contributed by atoms with Crippen molar-refractivity contribution in [2.45, 2.75) is 6.10 Å². The summed E-state index contributed by atoms with van der Waals surface area (Å²) in [6.45, 7) is -0.901. The van der Waals surface area contributed by atoms with Crippen molar-refractivity contribution in [3.05, 3.63) is 45.9 Å². The van der Waals surface area contributed by atoms with E-state index in [1.54, 1.807) is 29.8 Å². The number of halogens is 3. The van der Waals surface area contributed by atoms with Gasteiger partial charge in [0.1, 0.15) is 23.9 Å². The zero-order valence-corrected chi connectivity index (χ0v) is 17.9. The number of aryl methyl sites for hydroxylation is 1. The number of nitrogens with zero attached hydrogens (tertiary/aromatic N) is 2. The van der Waals surface area contributed by atoms with Crippen LogP contribution in [0.3, 0.4) is 0 Å². The molecule has 0 radical (unpaired) electrons. The second kappa shape index (κ2) is 9.58. The first kappa shape index (κ1) is 22.2. The molecule has 0 aliphatic heterocycles. The minimum Gasteiger partial charge on any atom is -0.406 e. The molecule has 1 heterocycles. The van der Waals surface area contributed by atoms with E-state index in [0.29, 0.717) is 16.2 Å². The minimum atomic E-state index is -1.18. The molecule has 30 heavy (non-hydrogen) atoms. The third-order valence-corrected chi connectivity index (χ3v) is 4.77. The molecule has 12 heteroatoms. The van der Waals surface area contributed by atoms with Crippen LogP contribution < -0.4 is 15.5 Å². The van der Waals surface area contributed by atoms with Crippen LogP contribution >= 0.6 is 27.5 Å². The van der Waals surface area contributed by atoms with Crippen LogP contribution in [0.4, 0.5) is 20.6 Å². The van der Waals surface area contributed by atoms with Crippen LogP contribution in [0.2, 0.25) is 5.02 Å². The van der Waals surface area contributed by atoms with Crippen molar-refractivity contribution in [1.82, 2.24) is 15.0 Å². The topological polar surface area (TPSA) is 118 Å². The van der Waals surface area contributed by atoms with Gasteiger partial charge in [0.15, 0.2) is 11.6 Å². The number of nitrogens with one attached hydrogen (secondary N) is 2. The van der Waals surface area contributed by atoms with E-state index in [1.807, 2.05) is 5.48 Å². The summed E-state index contributed by atoms with van der Waals surface area (Å²) < 4.78 is 22.7. The highest BCUT2D eigenvalue weighted by Gasteiger charge is 2.21. The van der Waals surface area contributed by atoms with Crippen molar-refractivity contribution in [3.8, 4) is 5.75 Å². The van der Waals surface area contributed by atoms with Crippen LogP contribution in [0.15, 0.2) is 35.1 Å². The van der Waals surface area contributed by atoms with E-state index in [2.05, 4.69) is 26.2 Å². The average molecular weight is 504 g/mol.